The number of benzene rings is 2. The Labute approximate surface area is 163 Å². The van der Waals surface area contributed by atoms with E-state index in [-0.39, 0.29) is 10.6 Å². The van der Waals surface area contributed by atoms with Crippen LogP contribution in [0.4, 0.5) is 5.69 Å². The number of nitro groups is 1. The van der Waals surface area contributed by atoms with Crippen molar-refractivity contribution in [3.05, 3.63) is 75.8 Å². The Kier molecular flexibility index (Phi) is 8.46. The number of para-hydroxylation sites is 1. The van der Waals surface area contributed by atoms with E-state index in [1.165, 1.54) is 50.5 Å². The van der Waals surface area contributed by atoms with Gasteiger partial charge in [-0.05, 0) is 56.7 Å². The van der Waals surface area contributed by atoms with Crippen LogP contribution in [-0.2, 0) is 6.42 Å². The molecule has 27 heavy (non-hydrogen) atoms. The molecule has 2 bridgehead atoms. The largest absolute Gasteiger partial charge is 0.303 e. The van der Waals surface area contributed by atoms with E-state index in [9.17, 15) is 10.1 Å². The summed E-state index contributed by atoms with van der Waals surface area (Å²) in [6, 6.07) is 17.6. The minimum atomic E-state index is -0.380. The van der Waals surface area contributed by atoms with Gasteiger partial charge in [0.15, 0.2) is 0 Å². The maximum atomic E-state index is 10.2. The second-order valence-corrected chi connectivity index (χ2v) is 7.13. The van der Waals surface area contributed by atoms with Crippen LogP contribution in [0.3, 0.4) is 0 Å². The third kappa shape index (κ3) is 6.17. The van der Waals surface area contributed by atoms with Gasteiger partial charge in [0.25, 0.3) is 5.69 Å². The molecule has 0 unspecified atom stereocenters. The molecule has 146 valence electrons. The number of piperidine rings is 3. The van der Waals surface area contributed by atoms with Crippen molar-refractivity contribution in [2.75, 3.05) is 19.6 Å². The Balaban J connectivity index is 0.000000191. The van der Waals surface area contributed by atoms with E-state index < -0.39 is 0 Å². The molecule has 3 aliphatic heterocycles. The molecule has 2 aromatic rings. The van der Waals surface area contributed by atoms with Gasteiger partial charge in [0, 0.05) is 18.2 Å². The van der Waals surface area contributed by atoms with Gasteiger partial charge in [0.05, 0.1) is 4.92 Å². The molecule has 4 nitrogen and oxygen atoms in total. The Bertz CT molecular complexity index is 695. The predicted octanol–water partition coefficient (Wildman–Crippen LogP) is 5.50. The lowest BCUT2D eigenvalue weighted by molar-refractivity contribution is -0.385. The van der Waals surface area contributed by atoms with E-state index in [2.05, 4.69) is 35.2 Å². The number of hydrogen-bond acceptors (Lipinski definition) is 3. The van der Waals surface area contributed by atoms with Crippen LogP contribution >= 0.6 is 0 Å². The van der Waals surface area contributed by atoms with E-state index in [4.69, 9.17) is 0 Å². The van der Waals surface area contributed by atoms with Crippen molar-refractivity contribution in [3.8, 4) is 0 Å². The van der Waals surface area contributed by atoms with Crippen LogP contribution in [0.2, 0.25) is 0 Å². The smallest absolute Gasteiger partial charge is 0.272 e. The second kappa shape index (κ2) is 10.8. The Morgan fingerprint density at radius 2 is 1.59 bits per heavy atom. The van der Waals surface area contributed by atoms with Gasteiger partial charge in [-0.3, -0.25) is 10.1 Å². The zero-order valence-corrected chi connectivity index (χ0v) is 16.8. The molecule has 2 aromatic carbocycles. The number of fused-ring (bicyclic) bond motifs is 3. The first-order valence-electron chi connectivity index (χ1n) is 10.1. The lowest BCUT2D eigenvalue weighted by atomic mass is 9.76. The van der Waals surface area contributed by atoms with Crippen molar-refractivity contribution in [3.63, 3.8) is 0 Å². The first kappa shape index (κ1) is 21.1. The van der Waals surface area contributed by atoms with E-state index in [0.717, 1.165) is 11.8 Å². The lowest BCUT2D eigenvalue weighted by Gasteiger charge is -2.45. The van der Waals surface area contributed by atoms with Gasteiger partial charge in [0.2, 0.25) is 0 Å². The summed E-state index contributed by atoms with van der Waals surface area (Å²) < 4.78 is 0. The van der Waals surface area contributed by atoms with Gasteiger partial charge < -0.3 is 4.90 Å². The molecule has 0 aliphatic carbocycles. The normalized spacial score (nSPS) is 22.7. The van der Waals surface area contributed by atoms with Crippen molar-refractivity contribution in [2.24, 2.45) is 11.8 Å². The van der Waals surface area contributed by atoms with Crippen molar-refractivity contribution >= 4 is 5.69 Å². The minimum Gasteiger partial charge on any atom is -0.303 e. The fourth-order valence-corrected chi connectivity index (χ4v) is 4.00. The van der Waals surface area contributed by atoms with Crippen molar-refractivity contribution in [1.82, 2.24) is 4.90 Å². The summed E-state index contributed by atoms with van der Waals surface area (Å²) in [6.07, 6.45) is 4.18. The van der Waals surface area contributed by atoms with Crippen molar-refractivity contribution in [2.45, 2.75) is 40.0 Å². The predicted molar refractivity (Wildman–Crippen MR) is 112 cm³/mol. The van der Waals surface area contributed by atoms with Crippen LogP contribution in [0.1, 0.15) is 37.8 Å². The third-order valence-corrected chi connectivity index (χ3v) is 5.44. The van der Waals surface area contributed by atoms with Gasteiger partial charge in [-0.1, -0.05) is 62.4 Å². The number of hydrogen-bond donors (Lipinski definition) is 0. The molecular weight excluding hydrogens is 336 g/mol. The third-order valence-electron chi connectivity index (χ3n) is 5.44. The van der Waals surface area contributed by atoms with Crippen LogP contribution in [0, 0.1) is 28.9 Å². The van der Waals surface area contributed by atoms with E-state index in [1.54, 1.807) is 25.1 Å². The number of nitro benzene ring substituents is 1. The Hall–Kier alpha value is -2.20. The Morgan fingerprint density at radius 1 is 1.00 bits per heavy atom. The summed E-state index contributed by atoms with van der Waals surface area (Å²) in [5.41, 5.74) is 2.41. The molecule has 0 radical (unpaired) electrons. The maximum absolute atomic E-state index is 10.2. The molecule has 1 atom stereocenters. The summed E-state index contributed by atoms with van der Waals surface area (Å²) in [4.78, 5) is 12.5. The molecule has 3 saturated heterocycles. The van der Waals surface area contributed by atoms with E-state index in [0.29, 0.717) is 5.56 Å². The highest BCUT2D eigenvalue weighted by molar-refractivity contribution is 5.38. The highest BCUT2D eigenvalue weighted by atomic mass is 16.6. The molecule has 0 spiro atoms. The number of nitrogens with zero attached hydrogens (tertiary/aromatic N) is 2. The lowest BCUT2D eigenvalue weighted by Crippen LogP contribution is -2.48. The summed E-state index contributed by atoms with van der Waals surface area (Å²) in [6.45, 7) is 9.78. The molecule has 3 aliphatic rings. The molecular formula is C23H32N2O2. The van der Waals surface area contributed by atoms with Crippen LogP contribution < -0.4 is 0 Å². The molecule has 4 heteroatoms. The van der Waals surface area contributed by atoms with Gasteiger partial charge in [-0.25, -0.2) is 0 Å². The molecule has 0 amide bonds. The van der Waals surface area contributed by atoms with Crippen LogP contribution in [0.25, 0.3) is 0 Å². The van der Waals surface area contributed by atoms with Crippen molar-refractivity contribution in [1.29, 1.82) is 0 Å². The van der Waals surface area contributed by atoms with E-state index >= 15 is 0 Å². The second-order valence-electron chi connectivity index (χ2n) is 7.13. The van der Waals surface area contributed by atoms with Crippen LogP contribution in [-0.4, -0.2) is 29.5 Å². The highest BCUT2D eigenvalue weighted by Gasteiger charge is 2.33. The first-order chi connectivity index (χ1) is 13.1. The quantitative estimate of drug-likeness (QED) is 0.531. The summed E-state index contributed by atoms with van der Waals surface area (Å²) in [7, 11) is 0. The average Bonchev–Trinajstić information content (AvgIpc) is 2.72. The molecule has 5 rings (SSSR count). The molecule has 0 N–H and O–H groups in total. The topological polar surface area (TPSA) is 46.4 Å². The monoisotopic (exact) mass is 368 g/mol. The average molecular weight is 369 g/mol. The highest BCUT2D eigenvalue weighted by Crippen LogP contribution is 2.34. The zero-order valence-electron chi connectivity index (χ0n) is 16.8. The van der Waals surface area contributed by atoms with Crippen LogP contribution in [0.5, 0.6) is 0 Å². The maximum Gasteiger partial charge on any atom is 0.272 e. The van der Waals surface area contributed by atoms with Crippen LogP contribution in [0.15, 0.2) is 54.6 Å². The molecule has 3 heterocycles. The van der Waals surface area contributed by atoms with E-state index in [1.807, 2.05) is 13.8 Å². The fourth-order valence-electron chi connectivity index (χ4n) is 4.00. The van der Waals surface area contributed by atoms with Gasteiger partial charge >= 0.3 is 0 Å². The number of rotatable bonds is 3. The zero-order chi connectivity index (χ0) is 19.6. The van der Waals surface area contributed by atoms with Gasteiger partial charge in [0.1, 0.15) is 0 Å². The molecule has 3 fully saturated rings. The van der Waals surface area contributed by atoms with Gasteiger partial charge in [-0.15, -0.1) is 0 Å². The first-order valence-corrected chi connectivity index (χ1v) is 10.1. The fraction of sp³-hybridized carbons (Fsp3) is 0.478. The number of aryl methyl sites for hydroxylation is 1. The van der Waals surface area contributed by atoms with Crippen molar-refractivity contribution < 1.29 is 4.92 Å². The Morgan fingerprint density at radius 3 is 2.07 bits per heavy atom. The molecule has 0 saturated carbocycles. The SMILES string of the molecule is CC.Cc1ccccc1[N+](=O)[O-].c1ccc(C[C@H]2CN3CCC2CC3)cc1. The van der Waals surface area contributed by atoms with Gasteiger partial charge in [-0.2, -0.15) is 0 Å². The summed E-state index contributed by atoms with van der Waals surface area (Å²) in [5, 5.41) is 10.2. The molecule has 0 aromatic heterocycles. The summed E-state index contributed by atoms with van der Waals surface area (Å²) >= 11 is 0. The standard InChI is InChI=1S/C14H19N.C7H7NO2.C2H6/c1-2-4-12(5-3-1)10-14-11-15-8-6-13(14)7-9-15;1-6-4-2-3-5-7(6)8(9)10;1-2/h1-5,13-14H,6-11H2;2-5H,1H3;1-2H3/t14-;;/m0../s1. The summed E-state index contributed by atoms with van der Waals surface area (Å²) in [5.74, 6) is 1.94. The minimum absolute atomic E-state index is 0.183.